The molecule has 1 fully saturated rings. The Bertz CT molecular complexity index is 864. The summed E-state index contributed by atoms with van der Waals surface area (Å²) in [5, 5.41) is 13.3. The van der Waals surface area contributed by atoms with Crippen LogP contribution in [0.5, 0.6) is 0 Å². The van der Waals surface area contributed by atoms with Crippen molar-refractivity contribution in [2.75, 3.05) is 0 Å². The zero-order chi connectivity index (χ0) is 19.8. The third-order valence-corrected chi connectivity index (χ3v) is 4.79. The maximum atomic E-state index is 14.9. The van der Waals surface area contributed by atoms with Gasteiger partial charge in [0.15, 0.2) is 0 Å². The van der Waals surface area contributed by atoms with E-state index in [-0.39, 0.29) is 6.54 Å². The summed E-state index contributed by atoms with van der Waals surface area (Å²) in [6, 6.07) is 3.49. The average molecular weight is 373 g/mol. The van der Waals surface area contributed by atoms with E-state index in [4.69, 9.17) is 14.4 Å². The van der Waals surface area contributed by atoms with Crippen molar-refractivity contribution in [2.45, 2.75) is 45.4 Å². The Morgan fingerprint density at radius 3 is 2.56 bits per heavy atom. The Balaban J connectivity index is 1.97. The third-order valence-electron chi connectivity index (χ3n) is 4.79. The molecule has 27 heavy (non-hydrogen) atoms. The summed E-state index contributed by atoms with van der Waals surface area (Å²) in [7, 11) is -1.14. The minimum atomic E-state index is -1.14. The van der Waals surface area contributed by atoms with Gasteiger partial charge in [0.05, 0.1) is 11.2 Å². The van der Waals surface area contributed by atoms with Gasteiger partial charge in [0.1, 0.15) is 18.0 Å². The van der Waals surface area contributed by atoms with E-state index in [2.05, 4.69) is 10.1 Å². The number of halogens is 1. The summed E-state index contributed by atoms with van der Waals surface area (Å²) < 4.78 is 27.6. The molecule has 0 aliphatic carbocycles. The van der Waals surface area contributed by atoms with Gasteiger partial charge in [-0.2, -0.15) is 5.10 Å². The lowest BCUT2D eigenvalue weighted by atomic mass is 9.86. The third kappa shape index (κ3) is 3.94. The van der Waals surface area contributed by atoms with Gasteiger partial charge in [0.2, 0.25) is 0 Å². The van der Waals surface area contributed by atoms with Gasteiger partial charge in [-0.15, -0.1) is 0 Å². The molecule has 2 aromatic rings. The first-order valence-electron chi connectivity index (χ1n) is 8.51. The minimum absolute atomic E-state index is 0.334. The van der Waals surface area contributed by atoms with Crippen LogP contribution in [0.25, 0.3) is 17.3 Å². The van der Waals surface area contributed by atoms with Gasteiger partial charge in [-0.05, 0) is 45.9 Å². The molecule has 3 rings (SSSR count). The molecule has 1 aliphatic heterocycles. The van der Waals surface area contributed by atoms with E-state index < -0.39 is 30.0 Å². The van der Waals surface area contributed by atoms with Gasteiger partial charge in [0, 0.05) is 29.7 Å². The van der Waals surface area contributed by atoms with E-state index in [0.717, 1.165) is 0 Å². The lowest BCUT2D eigenvalue weighted by Crippen LogP contribution is -2.41. The first kappa shape index (κ1) is 19.3. The fraction of sp³-hybridized carbons (Fsp3) is 0.389. The summed E-state index contributed by atoms with van der Waals surface area (Å²) in [5.74, 6) is -1.04. The van der Waals surface area contributed by atoms with Crippen LogP contribution in [-0.4, -0.2) is 44.2 Å². The van der Waals surface area contributed by atoms with E-state index in [1.807, 2.05) is 27.7 Å². The molecule has 1 saturated heterocycles. The predicted octanol–water partition coefficient (Wildman–Crippen LogP) is 2.97. The molecule has 0 atom stereocenters. The maximum Gasteiger partial charge on any atom is 0.525 e. The second-order valence-electron chi connectivity index (χ2n) is 7.38. The zero-order valence-corrected chi connectivity index (χ0v) is 15.6. The van der Waals surface area contributed by atoms with Gasteiger partial charge in [0.25, 0.3) is 0 Å². The number of hydrogen-bond acceptors (Lipinski definition) is 5. The highest BCUT2D eigenvalue weighted by atomic mass is 19.1. The van der Waals surface area contributed by atoms with E-state index in [0.29, 0.717) is 16.8 Å². The molecule has 0 bridgehead atoms. The Kier molecular flexibility index (Phi) is 4.92. The van der Waals surface area contributed by atoms with E-state index in [1.165, 1.54) is 17.0 Å². The monoisotopic (exact) mass is 373 g/mol. The number of carboxylic acids is 1. The largest absolute Gasteiger partial charge is 0.525 e. The van der Waals surface area contributed by atoms with Gasteiger partial charge in [-0.1, -0.05) is 0 Å². The molecular weight excluding hydrogens is 352 g/mol. The van der Waals surface area contributed by atoms with Gasteiger partial charge >= 0.3 is 13.1 Å². The van der Waals surface area contributed by atoms with Crippen LogP contribution in [0.15, 0.2) is 36.4 Å². The summed E-state index contributed by atoms with van der Waals surface area (Å²) in [6.07, 6.45) is 5.92. The summed E-state index contributed by atoms with van der Waals surface area (Å²) in [4.78, 5) is 15.0. The normalized spacial score (nSPS) is 18.7. The number of carboxylic acid groups (broad SMARTS) is 1. The van der Waals surface area contributed by atoms with Crippen LogP contribution in [0.1, 0.15) is 33.3 Å². The Morgan fingerprint density at radius 2 is 2.00 bits per heavy atom. The standard InChI is InChI=1S/C18H21BFN3O4/c1-17(2)18(3,4)27-19(26-17)14(20)8-13-10-23(11-15(24)25)22-16(13)12-6-5-7-21-9-12/h5-10H,11H2,1-4H3,(H,24,25). The molecule has 0 spiro atoms. The van der Waals surface area contributed by atoms with Crippen LogP contribution in [0, 0.1) is 0 Å². The second-order valence-corrected chi connectivity index (χ2v) is 7.38. The number of nitrogens with zero attached hydrogens (tertiary/aromatic N) is 3. The Hall–Kier alpha value is -2.52. The van der Waals surface area contributed by atoms with Crippen LogP contribution < -0.4 is 0 Å². The van der Waals surface area contributed by atoms with Crippen molar-refractivity contribution in [3.05, 3.63) is 42.0 Å². The molecule has 3 heterocycles. The first-order chi connectivity index (χ1) is 12.6. The Morgan fingerprint density at radius 1 is 1.33 bits per heavy atom. The Labute approximate surface area is 157 Å². The van der Waals surface area contributed by atoms with Crippen molar-refractivity contribution in [1.29, 1.82) is 0 Å². The minimum Gasteiger partial charge on any atom is -0.480 e. The van der Waals surface area contributed by atoms with Crippen LogP contribution in [0.2, 0.25) is 0 Å². The molecule has 9 heteroatoms. The average Bonchev–Trinajstić information content (AvgIpc) is 3.05. The van der Waals surface area contributed by atoms with E-state index in [9.17, 15) is 9.18 Å². The highest BCUT2D eigenvalue weighted by Crippen LogP contribution is 2.39. The summed E-state index contributed by atoms with van der Waals surface area (Å²) >= 11 is 0. The number of pyridine rings is 1. The van der Waals surface area contributed by atoms with Crippen molar-refractivity contribution in [2.24, 2.45) is 0 Å². The SMILES string of the molecule is CC1(C)OB(C(F)=Cc2cn(CC(=O)O)nc2-c2cccnc2)OC1(C)C. The first-order valence-corrected chi connectivity index (χ1v) is 8.51. The molecule has 0 amide bonds. The van der Waals surface area contributed by atoms with Crippen molar-refractivity contribution >= 4 is 19.2 Å². The van der Waals surface area contributed by atoms with Gasteiger partial charge < -0.3 is 14.4 Å². The summed E-state index contributed by atoms with van der Waals surface area (Å²) in [6.45, 7) is 7.02. The van der Waals surface area contributed by atoms with Crippen LogP contribution in [0.3, 0.4) is 0 Å². The number of aliphatic carboxylic acids is 1. The fourth-order valence-corrected chi connectivity index (χ4v) is 2.66. The molecule has 0 saturated carbocycles. The van der Waals surface area contributed by atoms with E-state index >= 15 is 0 Å². The zero-order valence-electron chi connectivity index (χ0n) is 15.6. The molecule has 142 valence electrons. The van der Waals surface area contributed by atoms with Crippen LogP contribution >= 0.6 is 0 Å². The van der Waals surface area contributed by atoms with Crippen molar-refractivity contribution in [3.63, 3.8) is 0 Å². The molecule has 0 aromatic carbocycles. The fourth-order valence-electron chi connectivity index (χ4n) is 2.66. The smallest absolute Gasteiger partial charge is 0.480 e. The maximum absolute atomic E-state index is 14.9. The highest BCUT2D eigenvalue weighted by molar-refractivity contribution is 6.54. The highest BCUT2D eigenvalue weighted by Gasteiger charge is 2.53. The molecule has 1 aliphatic rings. The van der Waals surface area contributed by atoms with Gasteiger partial charge in [-0.25, -0.2) is 4.39 Å². The number of carbonyl (C=O) groups is 1. The molecule has 2 aromatic heterocycles. The lowest BCUT2D eigenvalue weighted by Gasteiger charge is -2.32. The molecule has 0 radical (unpaired) electrons. The van der Waals surface area contributed by atoms with E-state index in [1.54, 1.807) is 24.5 Å². The molecule has 1 N–H and O–H groups in total. The lowest BCUT2D eigenvalue weighted by molar-refractivity contribution is -0.137. The number of hydrogen-bond donors (Lipinski definition) is 1. The van der Waals surface area contributed by atoms with Crippen molar-refractivity contribution < 1.29 is 23.6 Å². The predicted molar refractivity (Wildman–Crippen MR) is 98.3 cm³/mol. The van der Waals surface area contributed by atoms with Crippen LogP contribution in [0.4, 0.5) is 4.39 Å². The number of rotatable bonds is 5. The van der Waals surface area contributed by atoms with Crippen molar-refractivity contribution in [3.8, 4) is 11.3 Å². The van der Waals surface area contributed by atoms with Gasteiger partial charge in [-0.3, -0.25) is 14.5 Å². The molecular formula is C18H21BFN3O4. The number of aromatic nitrogens is 3. The van der Waals surface area contributed by atoms with Crippen LogP contribution in [-0.2, 0) is 20.6 Å². The second kappa shape index (κ2) is 6.90. The topological polar surface area (TPSA) is 86.5 Å². The molecule has 7 nitrogen and oxygen atoms in total. The molecule has 0 unspecified atom stereocenters. The van der Waals surface area contributed by atoms with Crippen molar-refractivity contribution in [1.82, 2.24) is 14.8 Å². The summed E-state index contributed by atoms with van der Waals surface area (Å²) in [5.41, 5.74) is -0.457. The quantitative estimate of drug-likeness (QED) is 0.811.